The number of hydrogen-bond acceptors (Lipinski definition) is 5. The molecular weight excluding hydrogens is 374 g/mol. The molecule has 5 nitrogen and oxygen atoms in total. The van der Waals surface area contributed by atoms with Gasteiger partial charge in [-0.2, -0.15) is 0 Å². The van der Waals surface area contributed by atoms with Gasteiger partial charge < -0.3 is 10.1 Å². The normalized spacial score (nSPS) is 10.2. The molecule has 0 atom stereocenters. The quantitative estimate of drug-likeness (QED) is 0.414. The van der Waals surface area contributed by atoms with Gasteiger partial charge in [-0.25, -0.2) is 0 Å². The van der Waals surface area contributed by atoms with E-state index in [9.17, 15) is 14.4 Å². The zero-order valence-corrected chi connectivity index (χ0v) is 15.7. The second-order valence-corrected chi connectivity index (χ2v) is 6.62. The molecule has 2 aromatic rings. The zero-order valence-electron chi connectivity index (χ0n) is 14.2. The minimum atomic E-state index is -0.597. The maximum atomic E-state index is 12.0. The van der Waals surface area contributed by atoms with Crippen molar-refractivity contribution in [3.05, 3.63) is 59.1 Å². The molecule has 136 valence electrons. The molecule has 0 aromatic heterocycles. The lowest BCUT2D eigenvalue weighted by atomic mass is 10.1. The van der Waals surface area contributed by atoms with Gasteiger partial charge in [-0.1, -0.05) is 23.7 Å². The lowest BCUT2D eigenvalue weighted by molar-refractivity contribution is -0.147. The van der Waals surface area contributed by atoms with E-state index in [4.69, 9.17) is 16.3 Å². The van der Waals surface area contributed by atoms with Crippen molar-refractivity contribution in [1.82, 2.24) is 0 Å². The highest BCUT2D eigenvalue weighted by atomic mass is 35.5. The van der Waals surface area contributed by atoms with Crippen molar-refractivity contribution in [2.24, 2.45) is 0 Å². The highest BCUT2D eigenvalue weighted by molar-refractivity contribution is 7.98. The molecule has 0 radical (unpaired) electrons. The number of anilines is 1. The molecule has 7 heteroatoms. The van der Waals surface area contributed by atoms with Crippen LogP contribution in [0.1, 0.15) is 23.2 Å². The molecule has 0 spiro atoms. The number of halogens is 1. The number of carbonyl (C=O) groups is 3. The number of thioether (sulfide) groups is 1. The fourth-order valence-electron chi connectivity index (χ4n) is 2.15. The Hall–Kier alpha value is -2.31. The second kappa shape index (κ2) is 9.99. The molecule has 0 aliphatic heterocycles. The number of carbonyl (C=O) groups excluding carboxylic acids is 3. The zero-order chi connectivity index (χ0) is 18.9. The number of ether oxygens (including phenoxy) is 1. The number of amides is 1. The Morgan fingerprint density at radius 2 is 1.73 bits per heavy atom. The van der Waals surface area contributed by atoms with Crippen molar-refractivity contribution in [2.45, 2.75) is 17.7 Å². The number of esters is 1. The van der Waals surface area contributed by atoms with Crippen LogP contribution < -0.4 is 5.32 Å². The van der Waals surface area contributed by atoms with Crippen LogP contribution in [-0.2, 0) is 14.3 Å². The van der Waals surface area contributed by atoms with Crippen molar-refractivity contribution in [2.75, 3.05) is 18.2 Å². The minimum Gasteiger partial charge on any atom is -0.456 e. The fourth-order valence-corrected chi connectivity index (χ4v) is 2.83. The molecule has 0 heterocycles. The van der Waals surface area contributed by atoms with Gasteiger partial charge in [0.1, 0.15) is 0 Å². The third kappa shape index (κ3) is 6.20. The van der Waals surface area contributed by atoms with Crippen LogP contribution in [0.15, 0.2) is 53.4 Å². The monoisotopic (exact) mass is 391 g/mol. The summed E-state index contributed by atoms with van der Waals surface area (Å²) in [6, 6.07) is 13.8. The van der Waals surface area contributed by atoms with Crippen LogP contribution in [0.5, 0.6) is 0 Å². The van der Waals surface area contributed by atoms with Crippen molar-refractivity contribution in [1.29, 1.82) is 0 Å². The number of para-hydroxylation sites is 1. The molecule has 0 bridgehead atoms. The number of rotatable bonds is 8. The smallest absolute Gasteiger partial charge is 0.306 e. The van der Waals surface area contributed by atoms with E-state index in [-0.39, 0.29) is 18.6 Å². The summed E-state index contributed by atoms with van der Waals surface area (Å²) in [5, 5.41) is 3.23. The van der Waals surface area contributed by atoms with Crippen LogP contribution >= 0.6 is 23.4 Å². The van der Waals surface area contributed by atoms with Crippen LogP contribution in [0.2, 0.25) is 5.02 Å². The van der Waals surface area contributed by atoms with E-state index in [0.29, 0.717) is 16.3 Å². The van der Waals surface area contributed by atoms with Gasteiger partial charge in [-0.15, -0.1) is 11.8 Å². The van der Waals surface area contributed by atoms with E-state index in [2.05, 4.69) is 5.32 Å². The number of ketones is 1. The molecule has 1 N–H and O–H groups in total. The predicted molar refractivity (Wildman–Crippen MR) is 103 cm³/mol. The Labute approximate surface area is 161 Å². The minimum absolute atomic E-state index is 0.0113. The lowest BCUT2D eigenvalue weighted by Crippen LogP contribution is -2.21. The first-order valence-corrected chi connectivity index (χ1v) is 9.47. The maximum absolute atomic E-state index is 12.0. The highest BCUT2D eigenvalue weighted by Gasteiger charge is 2.13. The van der Waals surface area contributed by atoms with Gasteiger partial charge in [0.15, 0.2) is 12.4 Å². The summed E-state index contributed by atoms with van der Waals surface area (Å²) in [6.45, 7) is -0.392. The van der Waals surface area contributed by atoms with Gasteiger partial charge in [0.2, 0.25) is 0 Å². The van der Waals surface area contributed by atoms with Crippen molar-refractivity contribution in [3.63, 3.8) is 0 Å². The molecule has 1 amide bonds. The molecule has 0 fully saturated rings. The van der Waals surface area contributed by atoms with Crippen LogP contribution in [-0.4, -0.2) is 30.5 Å². The summed E-state index contributed by atoms with van der Waals surface area (Å²) in [4.78, 5) is 36.5. The Morgan fingerprint density at radius 3 is 2.42 bits per heavy atom. The Balaban J connectivity index is 1.75. The van der Waals surface area contributed by atoms with Gasteiger partial charge in [0.25, 0.3) is 5.91 Å². The number of nitrogens with one attached hydrogen (secondary N) is 1. The van der Waals surface area contributed by atoms with Crippen molar-refractivity contribution < 1.29 is 19.1 Å². The average molecular weight is 392 g/mol. The second-order valence-electron chi connectivity index (χ2n) is 5.34. The van der Waals surface area contributed by atoms with Gasteiger partial charge in [0, 0.05) is 21.9 Å². The van der Waals surface area contributed by atoms with Gasteiger partial charge in [0.05, 0.1) is 12.1 Å². The molecular formula is C19H18ClNO4S. The summed E-state index contributed by atoms with van der Waals surface area (Å²) in [7, 11) is 0. The molecule has 0 saturated carbocycles. The molecule has 0 aliphatic carbocycles. The van der Waals surface area contributed by atoms with E-state index in [1.807, 2.05) is 24.5 Å². The van der Waals surface area contributed by atoms with Crippen LogP contribution in [0.25, 0.3) is 0 Å². The van der Waals surface area contributed by atoms with Crippen LogP contribution in [0, 0.1) is 0 Å². The Bertz CT molecular complexity index is 792. The Morgan fingerprint density at radius 1 is 1.04 bits per heavy atom. The number of Topliss-reactive ketones (excluding diaryl/α,β-unsaturated/α-hetero) is 1. The van der Waals surface area contributed by atoms with Crippen LogP contribution in [0.3, 0.4) is 0 Å². The first-order chi connectivity index (χ1) is 12.5. The standard InChI is InChI=1S/C19H18ClNO4S/c1-26-17-5-3-2-4-15(17)21-18(23)12-25-19(24)11-10-16(22)13-6-8-14(20)9-7-13/h2-9H,10-12H2,1H3,(H,21,23). The van der Waals surface area contributed by atoms with Gasteiger partial charge >= 0.3 is 5.97 Å². The summed E-state index contributed by atoms with van der Waals surface area (Å²) >= 11 is 7.27. The largest absolute Gasteiger partial charge is 0.456 e. The van der Waals surface area contributed by atoms with E-state index >= 15 is 0 Å². The van der Waals surface area contributed by atoms with Crippen molar-refractivity contribution in [3.8, 4) is 0 Å². The van der Waals surface area contributed by atoms with Crippen molar-refractivity contribution >= 4 is 46.7 Å². The topological polar surface area (TPSA) is 72.5 Å². The maximum Gasteiger partial charge on any atom is 0.306 e. The lowest BCUT2D eigenvalue weighted by Gasteiger charge is -2.09. The molecule has 2 rings (SSSR count). The van der Waals surface area contributed by atoms with Gasteiger partial charge in [-0.05, 0) is 42.7 Å². The van der Waals surface area contributed by atoms with E-state index in [0.717, 1.165) is 4.90 Å². The molecule has 0 saturated heterocycles. The van der Waals surface area contributed by atoms with E-state index in [1.165, 1.54) is 11.8 Å². The predicted octanol–water partition coefficient (Wildman–Crippen LogP) is 4.21. The number of benzene rings is 2. The summed E-state index contributed by atoms with van der Waals surface area (Å²) in [6.07, 6.45) is 1.83. The fraction of sp³-hybridized carbons (Fsp3) is 0.211. The average Bonchev–Trinajstić information content (AvgIpc) is 2.65. The first kappa shape index (κ1) is 20.0. The summed E-state index contributed by atoms with van der Waals surface area (Å²) in [5.41, 5.74) is 1.15. The highest BCUT2D eigenvalue weighted by Crippen LogP contribution is 2.24. The van der Waals surface area contributed by atoms with E-state index in [1.54, 1.807) is 30.3 Å². The molecule has 26 heavy (non-hydrogen) atoms. The third-order valence-corrected chi connectivity index (χ3v) is 4.52. The van der Waals surface area contributed by atoms with E-state index < -0.39 is 18.5 Å². The van der Waals surface area contributed by atoms with Crippen LogP contribution in [0.4, 0.5) is 5.69 Å². The summed E-state index contributed by atoms with van der Waals surface area (Å²) in [5.74, 6) is -1.21. The SMILES string of the molecule is CSc1ccccc1NC(=O)COC(=O)CCC(=O)c1ccc(Cl)cc1. The third-order valence-electron chi connectivity index (χ3n) is 3.47. The molecule has 0 aliphatic rings. The Kier molecular flexibility index (Phi) is 7.69. The molecule has 2 aromatic carbocycles. The first-order valence-electron chi connectivity index (χ1n) is 7.87. The summed E-state index contributed by atoms with van der Waals surface area (Å²) < 4.78 is 4.92. The van der Waals surface area contributed by atoms with Gasteiger partial charge in [-0.3, -0.25) is 14.4 Å². The number of hydrogen-bond donors (Lipinski definition) is 1. The molecule has 0 unspecified atom stereocenters.